The smallest absolute Gasteiger partial charge is 0.241 e. The molecule has 1 aliphatic heterocycles. The highest BCUT2D eigenvalue weighted by molar-refractivity contribution is 5.83. The van der Waals surface area contributed by atoms with Gasteiger partial charge in [-0.25, -0.2) is 14.5 Å². The monoisotopic (exact) mass is 346 g/mol. The highest BCUT2D eigenvalue weighted by atomic mass is 16.5. The van der Waals surface area contributed by atoms with Crippen LogP contribution < -0.4 is 5.32 Å². The number of rotatable bonds is 3. The zero-order valence-electron chi connectivity index (χ0n) is 14.2. The molecule has 0 amide bonds. The summed E-state index contributed by atoms with van der Waals surface area (Å²) in [6.45, 7) is 1.58. The number of nitrogens with one attached hydrogen (secondary N) is 1. The van der Waals surface area contributed by atoms with E-state index in [0.717, 1.165) is 53.9 Å². The quantitative estimate of drug-likeness (QED) is 0.615. The second-order valence-electron chi connectivity index (χ2n) is 6.41. The van der Waals surface area contributed by atoms with E-state index in [1.807, 2.05) is 47.2 Å². The van der Waals surface area contributed by atoms with Gasteiger partial charge in [0.2, 0.25) is 5.95 Å². The van der Waals surface area contributed by atoms with Crippen molar-refractivity contribution in [1.29, 1.82) is 0 Å². The molecule has 4 aromatic rings. The number of anilines is 1. The number of nitrogens with zero attached hydrogens (tertiary/aromatic N) is 5. The molecule has 0 atom stereocenters. The van der Waals surface area contributed by atoms with Crippen molar-refractivity contribution in [2.75, 3.05) is 18.5 Å². The Labute approximate surface area is 150 Å². The van der Waals surface area contributed by atoms with Gasteiger partial charge in [0.25, 0.3) is 0 Å². The Morgan fingerprint density at radius 1 is 1.04 bits per heavy atom. The molecule has 1 saturated heterocycles. The van der Waals surface area contributed by atoms with Gasteiger partial charge in [0, 0.05) is 37.2 Å². The van der Waals surface area contributed by atoms with Crippen LogP contribution in [0.5, 0.6) is 0 Å². The van der Waals surface area contributed by atoms with E-state index in [0.29, 0.717) is 12.0 Å². The molecule has 0 saturated carbocycles. The van der Waals surface area contributed by atoms with Crippen LogP contribution in [-0.4, -0.2) is 43.8 Å². The first-order valence-electron chi connectivity index (χ1n) is 8.78. The fraction of sp³-hybridized carbons (Fsp3) is 0.263. The molecule has 0 bridgehead atoms. The topological polar surface area (TPSA) is 77.2 Å². The van der Waals surface area contributed by atoms with Crippen LogP contribution >= 0.6 is 0 Å². The molecule has 0 radical (unpaired) electrons. The molecule has 0 aliphatic carbocycles. The molecule has 4 aromatic heterocycles. The molecule has 5 rings (SSSR count). The Morgan fingerprint density at radius 3 is 2.88 bits per heavy atom. The summed E-state index contributed by atoms with van der Waals surface area (Å²) in [7, 11) is 0. The van der Waals surface area contributed by atoms with E-state index in [4.69, 9.17) is 9.72 Å². The molecule has 7 nitrogen and oxygen atoms in total. The lowest BCUT2D eigenvalue weighted by atomic mass is 10.1. The van der Waals surface area contributed by atoms with Gasteiger partial charge in [-0.1, -0.05) is 0 Å². The average molecular weight is 346 g/mol. The minimum Gasteiger partial charge on any atom is -0.381 e. The van der Waals surface area contributed by atoms with Gasteiger partial charge in [0.1, 0.15) is 0 Å². The molecule has 1 aliphatic rings. The van der Waals surface area contributed by atoms with Crippen LogP contribution in [0.25, 0.3) is 27.8 Å². The summed E-state index contributed by atoms with van der Waals surface area (Å²) in [5, 5.41) is 7.99. The summed E-state index contributed by atoms with van der Waals surface area (Å²) in [4.78, 5) is 13.5. The van der Waals surface area contributed by atoms with Crippen LogP contribution in [0.15, 0.2) is 48.9 Å². The molecule has 1 fully saturated rings. The molecule has 0 spiro atoms. The van der Waals surface area contributed by atoms with Gasteiger partial charge in [-0.3, -0.25) is 4.98 Å². The first kappa shape index (κ1) is 15.2. The van der Waals surface area contributed by atoms with Crippen molar-refractivity contribution in [1.82, 2.24) is 24.6 Å². The number of hydrogen-bond acceptors (Lipinski definition) is 6. The molecule has 0 aromatic carbocycles. The number of aromatic nitrogens is 5. The third-order valence-electron chi connectivity index (χ3n) is 4.70. The lowest BCUT2D eigenvalue weighted by molar-refractivity contribution is 0.0903. The highest BCUT2D eigenvalue weighted by Crippen LogP contribution is 2.25. The second kappa shape index (κ2) is 6.34. The van der Waals surface area contributed by atoms with Crippen molar-refractivity contribution in [2.24, 2.45) is 0 Å². The maximum atomic E-state index is 5.39. The molecule has 1 N–H and O–H groups in total. The van der Waals surface area contributed by atoms with Crippen molar-refractivity contribution in [2.45, 2.75) is 18.9 Å². The molecule has 26 heavy (non-hydrogen) atoms. The third-order valence-corrected chi connectivity index (χ3v) is 4.70. The van der Waals surface area contributed by atoms with Gasteiger partial charge in [-0.2, -0.15) is 0 Å². The predicted molar refractivity (Wildman–Crippen MR) is 99.0 cm³/mol. The Kier molecular flexibility index (Phi) is 3.71. The fourth-order valence-electron chi connectivity index (χ4n) is 3.31. The fourth-order valence-corrected chi connectivity index (χ4v) is 3.31. The number of ether oxygens (including phenoxy) is 1. The van der Waals surface area contributed by atoms with Crippen LogP contribution in [0.2, 0.25) is 0 Å². The summed E-state index contributed by atoms with van der Waals surface area (Å²) in [6.07, 6.45) is 7.52. The van der Waals surface area contributed by atoms with E-state index in [2.05, 4.69) is 20.4 Å². The van der Waals surface area contributed by atoms with Gasteiger partial charge >= 0.3 is 0 Å². The SMILES string of the molecule is c1cnc2ccc(-c3ccn4nc(NC5CCOCC5)ncc34)nc2c1. The van der Waals surface area contributed by atoms with Gasteiger partial charge in [0.05, 0.1) is 28.4 Å². The highest BCUT2D eigenvalue weighted by Gasteiger charge is 2.15. The van der Waals surface area contributed by atoms with Crippen LogP contribution in [-0.2, 0) is 4.74 Å². The Balaban J connectivity index is 1.48. The summed E-state index contributed by atoms with van der Waals surface area (Å²) < 4.78 is 7.24. The Morgan fingerprint density at radius 2 is 1.96 bits per heavy atom. The van der Waals surface area contributed by atoms with Gasteiger partial charge in [-0.15, -0.1) is 5.10 Å². The van der Waals surface area contributed by atoms with E-state index in [1.54, 1.807) is 6.20 Å². The lowest BCUT2D eigenvalue weighted by Crippen LogP contribution is -2.28. The minimum atomic E-state index is 0.367. The molecular formula is C19H18N6O. The van der Waals surface area contributed by atoms with Crippen LogP contribution in [0.1, 0.15) is 12.8 Å². The van der Waals surface area contributed by atoms with E-state index in [-0.39, 0.29) is 0 Å². The predicted octanol–water partition coefficient (Wildman–Crippen LogP) is 2.93. The largest absolute Gasteiger partial charge is 0.381 e. The molecule has 7 heteroatoms. The Bertz CT molecular complexity index is 1070. The van der Waals surface area contributed by atoms with Crippen LogP contribution in [0.4, 0.5) is 5.95 Å². The van der Waals surface area contributed by atoms with Crippen LogP contribution in [0, 0.1) is 0 Å². The molecule has 130 valence electrons. The van der Waals surface area contributed by atoms with Gasteiger partial charge in [0.15, 0.2) is 0 Å². The maximum absolute atomic E-state index is 5.39. The number of pyridine rings is 2. The summed E-state index contributed by atoms with van der Waals surface area (Å²) >= 11 is 0. The minimum absolute atomic E-state index is 0.367. The zero-order valence-corrected chi connectivity index (χ0v) is 14.2. The van der Waals surface area contributed by atoms with Gasteiger partial charge in [-0.05, 0) is 43.2 Å². The van der Waals surface area contributed by atoms with E-state index in [9.17, 15) is 0 Å². The second-order valence-corrected chi connectivity index (χ2v) is 6.41. The third kappa shape index (κ3) is 2.76. The van der Waals surface area contributed by atoms with Crippen molar-refractivity contribution in [3.63, 3.8) is 0 Å². The first-order valence-corrected chi connectivity index (χ1v) is 8.78. The average Bonchev–Trinajstić information content (AvgIpc) is 3.12. The standard InChI is InChI=1S/C19H18N6O/c1-2-17-16(20-8-1)4-3-15(23-17)14-5-9-25-18(14)12-21-19(24-25)22-13-6-10-26-11-7-13/h1-5,8-9,12-13H,6-7,10-11H2,(H,22,24). The zero-order chi connectivity index (χ0) is 17.3. The van der Waals surface area contributed by atoms with Crippen LogP contribution in [0.3, 0.4) is 0 Å². The number of fused-ring (bicyclic) bond motifs is 2. The first-order chi connectivity index (χ1) is 12.9. The van der Waals surface area contributed by atoms with Crippen molar-refractivity contribution in [3.05, 3.63) is 48.9 Å². The summed E-state index contributed by atoms with van der Waals surface area (Å²) in [5.41, 5.74) is 4.59. The van der Waals surface area contributed by atoms with E-state index < -0.39 is 0 Å². The normalized spacial score (nSPS) is 15.5. The van der Waals surface area contributed by atoms with Gasteiger partial charge < -0.3 is 10.1 Å². The summed E-state index contributed by atoms with van der Waals surface area (Å²) in [5.74, 6) is 0.641. The van der Waals surface area contributed by atoms with Crippen molar-refractivity contribution < 1.29 is 4.74 Å². The molecular weight excluding hydrogens is 328 g/mol. The Hall–Kier alpha value is -3.06. The molecule has 0 unspecified atom stereocenters. The number of hydrogen-bond donors (Lipinski definition) is 1. The molecule has 5 heterocycles. The van der Waals surface area contributed by atoms with E-state index >= 15 is 0 Å². The van der Waals surface area contributed by atoms with Crippen molar-refractivity contribution >= 4 is 22.5 Å². The van der Waals surface area contributed by atoms with E-state index in [1.165, 1.54) is 0 Å². The maximum Gasteiger partial charge on any atom is 0.241 e. The summed E-state index contributed by atoms with van der Waals surface area (Å²) in [6, 6.07) is 10.2. The lowest BCUT2D eigenvalue weighted by Gasteiger charge is -2.22. The van der Waals surface area contributed by atoms with Crippen molar-refractivity contribution in [3.8, 4) is 11.3 Å².